The summed E-state index contributed by atoms with van der Waals surface area (Å²) in [7, 11) is 0. The first kappa shape index (κ1) is 12.3. The molecule has 0 rings (SSSR count). The summed E-state index contributed by atoms with van der Waals surface area (Å²) in [5, 5.41) is 0. The molecule has 1 unspecified atom stereocenters. The predicted octanol–water partition coefficient (Wildman–Crippen LogP) is 2.61. The number of carbonyl (C=O) groups excluding carboxylic acids is 2. The summed E-state index contributed by atoms with van der Waals surface area (Å²) in [6.45, 7) is 9.22. The molecule has 0 aromatic heterocycles. The Morgan fingerprint density at radius 3 is 2.00 bits per heavy atom. The van der Waals surface area contributed by atoms with Gasteiger partial charge in [0.25, 0.3) is 0 Å². The van der Waals surface area contributed by atoms with Crippen molar-refractivity contribution >= 4 is 11.6 Å². The molecule has 0 aromatic carbocycles. The normalized spacial score (nSPS) is 13.9. The molecule has 0 radical (unpaired) electrons. The number of rotatable bonds is 4. The minimum Gasteiger partial charge on any atom is -0.299 e. The van der Waals surface area contributed by atoms with E-state index in [1.807, 2.05) is 27.7 Å². The molecule has 0 bridgehead atoms. The Bertz CT molecular complexity index is 199. The van der Waals surface area contributed by atoms with Gasteiger partial charge >= 0.3 is 0 Å². The number of hydrogen-bond acceptors (Lipinski definition) is 2. The van der Waals surface area contributed by atoms with Gasteiger partial charge in [0, 0.05) is 11.8 Å². The maximum Gasteiger partial charge on any atom is 0.148 e. The third-order valence-corrected chi connectivity index (χ3v) is 2.11. The molecule has 2 nitrogen and oxygen atoms in total. The summed E-state index contributed by atoms with van der Waals surface area (Å²) in [6, 6.07) is 0. The van der Waals surface area contributed by atoms with E-state index in [-0.39, 0.29) is 11.6 Å². The first-order valence-corrected chi connectivity index (χ1v) is 4.87. The Kier molecular flexibility index (Phi) is 4.31. The first-order valence-electron chi connectivity index (χ1n) is 4.87. The minimum atomic E-state index is -0.431. The highest BCUT2D eigenvalue weighted by Crippen LogP contribution is 2.21. The summed E-state index contributed by atoms with van der Waals surface area (Å²) in [4.78, 5) is 23.1. The van der Waals surface area contributed by atoms with Crippen LogP contribution in [-0.4, -0.2) is 11.6 Å². The average Bonchev–Trinajstić information content (AvgIpc) is 2.00. The van der Waals surface area contributed by atoms with Crippen molar-refractivity contribution in [2.45, 2.75) is 47.5 Å². The van der Waals surface area contributed by atoms with E-state index < -0.39 is 11.3 Å². The van der Waals surface area contributed by atoms with E-state index in [1.165, 1.54) is 0 Å². The highest BCUT2D eigenvalue weighted by atomic mass is 16.2. The summed E-state index contributed by atoms with van der Waals surface area (Å²) in [5.74, 6) is -0.312. The lowest BCUT2D eigenvalue weighted by Crippen LogP contribution is -2.31. The van der Waals surface area contributed by atoms with Crippen LogP contribution in [0.4, 0.5) is 0 Å². The van der Waals surface area contributed by atoms with Crippen molar-refractivity contribution in [2.75, 3.05) is 0 Å². The topological polar surface area (TPSA) is 34.1 Å². The van der Waals surface area contributed by atoms with Gasteiger partial charge in [0.1, 0.15) is 11.6 Å². The molecule has 0 amide bonds. The number of carbonyl (C=O) groups is 2. The Morgan fingerprint density at radius 1 is 1.23 bits per heavy atom. The monoisotopic (exact) mass is 184 g/mol. The molecule has 0 N–H and O–H groups in total. The predicted molar refractivity (Wildman–Crippen MR) is 53.5 cm³/mol. The maximum atomic E-state index is 11.7. The van der Waals surface area contributed by atoms with Crippen LogP contribution in [0, 0.1) is 11.3 Å². The second-order valence-electron chi connectivity index (χ2n) is 4.55. The summed E-state index contributed by atoms with van der Waals surface area (Å²) in [5.41, 5.74) is -0.400. The van der Waals surface area contributed by atoms with Crippen molar-refractivity contribution in [3.8, 4) is 0 Å². The van der Waals surface area contributed by atoms with Crippen molar-refractivity contribution in [3.05, 3.63) is 0 Å². The van der Waals surface area contributed by atoms with Gasteiger partial charge in [-0.1, -0.05) is 27.7 Å². The van der Waals surface area contributed by atoms with E-state index in [2.05, 4.69) is 0 Å². The zero-order valence-corrected chi connectivity index (χ0v) is 9.31. The fourth-order valence-corrected chi connectivity index (χ4v) is 1.26. The van der Waals surface area contributed by atoms with E-state index in [9.17, 15) is 9.59 Å². The van der Waals surface area contributed by atoms with Crippen molar-refractivity contribution < 1.29 is 9.59 Å². The third kappa shape index (κ3) is 3.71. The molecule has 2 heteroatoms. The highest BCUT2D eigenvalue weighted by Gasteiger charge is 2.30. The molecule has 76 valence electrons. The van der Waals surface area contributed by atoms with Crippen LogP contribution >= 0.6 is 0 Å². The molecule has 0 aliphatic heterocycles. The van der Waals surface area contributed by atoms with Crippen LogP contribution in [-0.2, 0) is 9.59 Å². The van der Waals surface area contributed by atoms with Gasteiger partial charge in [-0.25, -0.2) is 0 Å². The molecule has 0 aromatic rings. The van der Waals surface area contributed by atoms with Gasteiger partial charge in [0.2, 0.25) is 0 Å². The van der Waals surface area contributed by atoms with Crippen molar-refractivity contribution in [2.24, 2.45) is 11.3 Å². The van der Waals surface area contributed by atoms with Crippen LogP contribution in [0.3, 0.4) is 0 Å². The number of Topliss-reactive ketones (excluding diaryl/α,β-unsaturated/α-hetero) is 2. The second-order valence-corrected chi connectivity index (χ2v) is 4.55. The van der Waals surface area contributed by atoms with Crippen LogP contribution < -0.4 is 0 Å². The summed E-state index contributed by atoms with van der Waals surface area (Å²) >= 11 is 0. The second kappa shape index (κ2) is 4.54. The number of ketones is 2. The fourth-order valence-electron chi connectivity index (χ4n) is 1.26. The van der Waals surface area contributed by atoms with Crippen LogP contribution in [0.5, 0.6) is 0 Å². The lowest BCUT2D eigenvalue weighted by Gasteiger charge is -2.20. The lowest BCUT2D eigenvalue weighted by molar-refractivity contribution is -0.136. The van der Waals surface area contributed by atoms with Gasteiger partial charge < -0.3 is 0 Å². The van der Waals surface area contributed by atoms with Crippen LogP contribution in [0.25, 0.3) is 0 Å². The van der Waals surface area contributed by atoms with E-state index in [0.717, 1.165) is 6.42 Å². The molecule has 0 heterocycles. The molecule has 0 fully saturated rings. The molecule has 13 heavy (non-hydrogen) atoms. The van der Waals surface area contributed by atoms with E-state index in [0.29, 0.717) is 6.42 Å². The summed E-state index contributed by atoms with van der Waals surface area (Å²) in [6.07, 6.45) is 1.34. The van der Waals surface area contributed by atoms with E-state index in [4.69, 9.17) is 0 Å². The van der Waals surface area contributed by atoms with Crippen LogP contribution in [0.2, 0.25) is 0 Å². The molecule has 1 atom stereocenters. The van der Waals surface area contributed by atoms with Gasteiger partial charge in [0.05, 0.1) is 5.92 Å². The third-order valence-electron chi connectivity index (χ3n) is 2.11. The molecule has 0 saturated heterocycles. The van der Waals surface area contributed by atoms with Crippen molar-refractivity contribution in [1.82, 2.24) is 0 Å². The Morgan fingerprint density at radius 2 is 1.69 bits per heavy atom. The smallest absolute Gasteiger partial charge is 0.148 e. The van der Waals surface area contributed by atoms with Crippen LogP contribution in [0.15, 0.2) is 0 Å². The molecular formula is C11H20O2. The van der Waals surface area contributed by atoms with Gasteiger partial charge in [-0.05, 0) is 13.3 Å². The minimum absolute atomic E-state index is 0.0472. The van der Waals surface area contributed by atoms with Gasteiger partial charge in [-0.2, -0.15) is 0 Å². The first-order chi connectivity index (χ1) is 5.80. The Labute approximate surface area is 80.7 Å². The lowest BCUT2D eigenvalue weighted by atomic mass is 9.81. The quantitative estimate of drug-likeness (QED) is 0.629. The van der Waals surface area contributed by atoms with Crippen molar-refractivity contribution in [3.63, 3.8) is 0 Å². The van der Waals surface area contributed by atoms with Gasteiger partial charge in [0.15, 0.2) is 0 Å². The number of hydrogen-bond donors (Lipinski definition) is 0. The SMILES string of the molecule is CCCC(=O)C(C)C(=O)C(C)(C)C. The standard InChI is InChI=1S/C11H20O2/c1-6-7-9(12)8(2)10(13)11(3,4)5/h8H,6-7H2,1-5H3. The fraction of sp³-hybridized carbons (Fsp3) is 0.818. The average molecular weight is 184 g/mol. The summed E-state index contributed by atoms with van der Waals surface area (Å²) < 4.78 is 0. The Hall–Kier alpha value is -0.660. The maximum absolute atomic E-state index is 11.7. The zero-order chi connectivity index (χ0) is 10.6. The molecule has 0 spiro atoms. The van der Waals surface area contributed by atoms with E-state index in [1.54, 1.807) is 6.92 Å². The Balaban J connectivity index is 4.35. The largest absolute Gasteiger partial charge is 0.299 e. The molecule has 0 aliphatic rings. The van der Waals surface area contributed by atoms with Gasteiger partial charge in [-0.3, -0.25) is 9.59 Å². The van der Waals surface area contributed by atoms with Crippen molar-refractivity contribution in [1.29, 1.82) is 0 Å². The van der Waals surface area contributed by atoms with Crippen LogP contribution in [0.1, 0.15) is 47.5 Å². The van der Waals surface area contributed by atoms with Gasteiger partial charge in [-0.15, -0.1) is 0 Å². The van der Waals surface area contributed by atoms with E-state index >= 15 is 0 Å². The highest BCUT2D eigenvalue weighted by molar-refractivity contribution is 6.04. The zero-order valence-electron chi connectivity index (χ0n) is 9.31. The molecule has 0 saturated carbocycles. The molecule has 0 aliphatic carbocycles. The molecular weight excluding hydrogens is 164 g/mol.